The summed E-state index contributed by atoms with van der Waals surface area (Å²) in [6, 6.07) is 8.45. The molecule has 12 heteroatoms. The van der Waals surface area contributed by atoms with Crippen molar-refractivity contribution in [1.29, 1.82) is 0 Å². The van der Waals surface area contributed by atoms with Crippen LogP contribution in [0.25, 0.3) is 11.5 Å². The van der Waals surface area contributed by atoms with Crippen LogP contribution in [-0.2, 0) is 37.0 Å². The summed E-state index contributed by atoms with van der Waals surface area (Å²) in [6.07, 6.45) is 3.73. The Labute approximate surface area is 192 Å². The molecule has 0 spiro atoms. The van der Waals surface area contributed by atoms with Crippen LogP contribution in [0.1, 0.15) is 28.4 Å². The fourth-order valence-corrected chi connectivity index (χ4v) is 4.47. The highest BCUT2D eigenvalue weighted by Crippen LogP contribution is 2.23. The van der Waals surface area contributed by atoms with Gasteiger partial charge in [0.1, 0.15) is 17.7 Å². The van der Waals surface area contributed by atoms with Crippen LogP contribution in [0.2, 0.25) is 0 Å². The van der Waals surface area contributed by atoms with E-state index in [9.17, 15) is 9.59 Å². The molecule has 1 aliphatic carbocycles. The molecule has 0 fully saturated rings. The fourth-order valence-electron chi connectivity index (χ4n) is 4.47. The smallest absolute Gasteiger partial charge is 0.265 e. The van der Waals surface area contributed by atoms with Crippen molar-refractivity contribution < 1.29 is 9.21 Å². The number of carbonyl (C=O) groups excluding carboxylic acids is 1. The zero-order chi connectivity index (χ0) is 23.1. The molecule has 1 aromatic carbocycles. The number of nitrogens with zero attached hydrogens (tertiary/aromatic N) is 6. The Morgan fingerprint density at radius 2 is 1.94 bits per heavy atom. The molecular weight excluding hydrogens is 438 g/mol. The predicted molar refractivity (Wildman–Crippen MR) is 119 cm³/mol. The second-order valence-corrected chi connectivity index (χ2v) is 8.45. The zero-order valence-corrected chi connectivity index (χ0v) is 18.1. The van der Waals surface area contributed by atoms with Crippen LogP contribution in [0.3, 0.4) is 0 Å². The highest BCUT2D eigenvalue weighted by atomic mass is 16.4. The number of hydrogen-bond acceptors (Lipinski definition) is 9. The molecule has 1 aliphatic heterocycles. The minimum absolute atomic E-state index is 0.0220. The highest BCUT2D eigenvalue weighted by Gasteiger charge is 2.26. The third-order valence-corrected chi connectivity index (χ3v) is 6.21. The average molecular weight is 459 g/mol. The Hall–Kier alpha value is -4.35. The Morgan fingerprint density at radius 1 is 1.15 bits per heavy atom. The van der Waals surface area contributed by atoms with Gasteiger partial charge in [0.05, 0.1) is 12.2 Å². The largest absolute Gasteiger partial charge is 0.420 e. The molecule has 3 aromatic heterocycles. The van der Waals surface area contributed by atoms with Crippen molar-refractivity contribution >= 4 is 11.9 Å². The normalized spacial score (nSPS) is 15.2. The number of H-pyrrole nitrogens is 2. The van der Waals surface area contributed by atoms with E-state index in [1.54, 1.807) is 4.90 Å². The molecular formula is C22H21N9O3. The Balaban J connectivity index is 1.11. The lowest BCUT2D eigenvalue weighted by Gasteiger charge is -2.24. The minimum Gasteiger partial charge on any atom is -0.420 e. The standard InChI is InChI=1S/C22H21N9O3/c32-19(31-6-5-16-17(11-31)27-30-26-16)9-18-28-29-21(34-18)15-10-23-22(25-20(15)33)24-14-7-12-3-1-2-4-13(12)8-14/h1-4,10,14H,5-9,11H2,(H,26,27,30)(H2,23,24,25,33). The molecule has 0 bridgehead atoms. The number of aromatic nitrogens is 7. The van der Waals surface area contributed by atoms with Gasteiger partial charge in [0, 0.05) is 25.2 Å². The van der Waals surface area contributed by atoms with Gasteiger partial charge in [-0.05, 0) is 24.0 Å². The fraction of sp³-hybridized carbons (Fsp3) is 0.318. The van der Waals surface area contributed by atoms with E-state index in [2.05, 4.69) is 53.0 Å². The van der Waals surface area contributed by atoms with Gasteiger partial charge in [-0.1, -0.05) is 24.3 Å². The zero-order valence-electron chi connectivity index (χ0n) is 18.1. The first-order valence-corrected chi connectivity index (χ1v) is 11.0. The number of anilines is 1. The summed E-state index contributed by atoms with van der Waals surface area (Å²) in [6.45, 7) is 0.930. The van der Waals surface area contributed by atoms with Crippen molar-refractivity contribution in [3.05, 3.63) is 69.2 Å². The van der Waals surface area contributed by atoms with E-state index in [4.69, 9.17) is 4.42 Å². The summed E-state index contributed by atoms with van der Waals surface area (Å²) < 4.78 is 5.60. The van der Waals surface area contributed by atoms with Gasteiger partial charge in [-0.2, -0.15) is 15.4 Å². The highest BCUT2D eigenvalue weighted by molar-refractivity contribution is 5.78. The summed E-state index contributed by atoms with van der Waals surface area (Å²) in [4.78, 5) is 34.0. The number of aromatic amines is 2. The molecule has 0 saturated heterocycles. The van der Waals surface area contributed by atoms with Gasteiger partial charge in [-0.3, -0.25) is 14.6 Å². The van der Waals surface area contributed by atoms with Gasteiger partial charge >= 0.3 is 0 Å². The van der Waals surface area contributed by atoms with Crippen molar-refractivity contribution in [1.82, 2.24) is 40.5 Å². The van der Waals surface area contributed by atoms with Crippen LogP contribution < -0.4 is 10.9 Å². The van der Waals surface area contributed by atoms with E-state index in [1.807, 2.05) is 12.1 Å². The van der Waals surface area contributed by atoms with Crippen LogP contribution in [0.15, 0.2) is 39.7 Å². The second kappa shape index (κ2) is 8.21. The van der Waals surface area contributed by atoms with Crippen molar-refractivity contribution in [2.75, 3.05) is 11.9 Å². The first-order chi connectivity index (χ1) is 16.6. The predicted octanol–water partition coefficient (Wildman–Crippen LogP) is 0.645. The lowest BCUT2D eigenvalue weighted by atomic mass is 10.1. The van der Waals surface area contributed by atoms with Gasteiger partial charge in [-0.25, -0.2) is 4.98 Å². The first-order valence-electron chi connectivity index (χ1n) is 11.0. The molecule has 4 heterocycles. The molecule has 172 valence electrons. The maximum absolute atomic E-state index is 12.7. The van der Waals surface area contributed by atoms with Gasteiger partial charge in [0.25, 0.3) is 11.4 Å². The Bertz CT molecular complexity index is 1400. The SMILES string of the molecule is O=C(Cc1nnc(-c2cnc(NC3Cc4ccccc4C3)[nH]c2=O)o1)N1CCc2n[nH]nc2C1. The maximum Gasteiger partial charge on any atom is 0.265 e. The van der Waals surface area contributed by atoms with Crippen LogP contribution in [0.4, 0.5) is 5.95 Å². The molecule has 2 aliphatic rings. The van der Waals surface area contributed by atoms with Crippen LogP contribution in [-0.4, -0.2) is 59.0 Å². The molecule has 12 nitrogen and oxygen atoms in total. The molecule has 0 atom stereocenters. The molecule has 34 heavy (non-hydrogen) atoms. The van der Waals surface area contributed by atoms with Crippen LogP contribution in [0.5, 0.6) is 0 Å². The summed E-state index contributed by atoms with van der Waals surface area (Å²) in [7, 11) is 0. The lowest BCUT2D eigenvalue weighted by molar-refractivity contribution is -0.131. The number of hydrogen-bond donors (Lipinski definition) is 3. The molecule has 1 amide bonds. The van der Waals surface area contributed by atoms with E-state index in [-0.39, 0.29) is 35.7 Å². The monoisotopic (exact) mass is 459 g/mol. The van der Waals surface area contributed by atoms with Crippen molar-refractivity contribution in [3.63, 3.8) is 0 Å². The summed E-state index contributed by atoms with van der Waals surface area (Å²) in [5, 5.41) is 21.9. The first kappa shape index (κ1) is 20.3. The van der Waals surface area contributed by atoms with Crippen molar-refractivity contribution in [2.24, 2.45) is 0 Å². The third kappa shape index (κ3) is 3.83. The quantitative estimate of drug-likeness (QED) is 0.389. The van der Waals surface area contributed by atoms with Gasteiger partial charge in [-0.15, -0.1) is 10.2 Å². The van der Waals surface area contributed by atoms with E-state index < -0.39 is 5.56 Å². The number of benzene rings is 1. The summed E-state index contributed by atoms with van der Waals surface area (Å²) in [5.74, 6) is 0.386. The Morgan fingerprint density at radius 3 is 2.74 bits per heavy atom. The lowest BCUT2D eigenvalue weighted by Crippen LogP contribution is -2.37. The van der Waals surface area contributed by atoms with Crippen LogP contribution in [0, 0.1) is 0 Å². The van der Waals surface area contributed by atoms with E-state index in [1.165, 1.54) is 17.3 Å². The molecule has 0 radical (unpaired) electrons. The second-order valence-electron chi connectivity index (χ2n) is 8.45. The van der Waals surface area contributed by atoms with E-state index in [0.29, 0.717) is 25.5 Å². The summed E-state index contributed by atoms with van der Waals surface area (Å²) in [5.41, 5.74) is 4.00. The topological polar surface area (TPSA) is 159 Å². The van der Waals surface area contributed by atoms with E-state index in [0.717, 1.165) is 24.2 Å². The number of fused-ring (bicyclic) bond motifs is 2. The molecule has 4 aromatic rings. The number of nitrogens with one attached hydrogen (secondary N) is 3. The number of amides is 1. The number of rotatable bonds is 5. The summed E-state index contributed by atoms with van der Waals surface area (Å²) >= 11 is 0. The molecule has 0 unspecified atom stereocenters. The van der Waals surface area contributed by atoms with Crippen LogP contribution >= 0.6 is 0 Å². The molecule has 0 saturated carbocycles. The van der Waals surface area contributed by atoms with Gasteiger partial charge in [0.2, 0.25) is 17.7 Å². The van der Waals surface area contributed by atoms with Gasteiger partial charge in [0.15, 0.2) is 0 Å². The molecule has 3 N–H and O–H groups in total. The third-order valence-electron chi connectivity index (χ3n) is 6.21. The Kier molecular flexibility index (Phi) is 4.90. The van der Waals surface area contributed by atoms with Crippen molar-refractivity contribution in [3.8, 4) is 11.5 Å². The molecule has 6 rings (SSSR count). The average Bonchev–Trinajstić information content (AvgIpc) is 3.58. The van der Waals surface area contributed by atoms with Gasteiger partial charge < -0.3 is 14.6 Å². The van der Waals surface area contributed by atoms with Crippen molar-refractivity contribution in [2.45, 2.75) is 38.3 Å². The maximum atomic E-state index is 12.7. The van der Waals surface area contributed by atoms with E-state index >= 15 is 0 Å². The number of carbonyl (C=O) groups is 1. The minimum atomic E-state index is -0.399.